The normalized spacial score (nSPS) is 11.2. The van der Waals surface area contributed by atoms with E-state index < -0.39 is 5.97 Å². The summed E-state index contributed by atoms with van der Waals surface area (Å²) in [5, 5.41) is 8.53. The number of carboxylic acid groups (broad SMARTS) is 1. The molecule has 0 radical (unpaired) electrons. The van der Waals surface area contributed by atoms with E-state index in [1.807, 2.05) is 0 Å². The molecule has 13 nitrogen and oxygen atoms in total. The maximum absolute atomic E-state index is 11.4. The van der Waals surface area contributed by atoms with Crippen LogP contribution in [0.1, 0.15) is 25.7 Å². The van der Waals surface area contributed by atoms with Crippen LogP contribution < -0.4 is 0 Å². The van der Waals surface area contributed by atoms with E-state index in [-0.39, 0.29) is 32.0 Å². The van der Waals surface area contributed by atoms with Gasteiger partial charge in [0.2, 0.25) is 0 Å². The molecule has 238 valence electrons. The second kappa shape index (κ2) is 34.1. The smallest absolute Gasteiger partial charge is 0.305 e. The van der Waals surface area contributed by atoms with Crippen LogP contribution in [0.4, 0.5) is 0 Å². The van der Waals surface area contributed by atoms with Crippen molar-refractivity contribution in [2.24, 2.45) is 0 Å². The largest absolute Gasteiger partial charge is 0.481 e. The summed E-state index contributed by atoms with van der Waals surface area (Å²) in [5.41, 5.74) is 0. The number of alkyl halides is 1. The van der Waals surface area contributed by atoms with E-state index in [0.717, 1.165) is 0 Å². The minimum Gasteiger partial charge on any atom is -0.481 e. The minimum atomic E-state index is -0.862. The number of hydrogen-bond acceptors (Lipinski definition) is 12. The molecule has 0 saturated heterocycles. The molecular formula is C26H49ClO13. The summed E-state index contributed by atoms with van der Waals surface area (Å²) in [7, 11) is 0. The van der Waals surface area contributed by atoms with Gasteiger partial charge in [-0.1, -0.05) is 0 Å². The molecule has 0 atom stereocenters. The molecule has 0 aliphatic rings. The lowest BCUT2D eigenvalue weighted by atomic mass is 10.2. The summed E-state index contributed by atoms with van der Waals surface area (Å²) >= 11 is 5.50. The lowest BCUT2D eigenvalue weighted by Gasteiger charge is -2.09. The zero-order valence-electron chi connectivity index (χ0n) is 23.7. The second-order valence-electron chi connectivity index (χ2n) is 8.02. The Morgan fingerprint density at radius 1 is 0.425 bits per heavy atom. The van der Waals surface area contributed by atoms with Crippen LogP contribution in [0.2, 0.25) is 0 Å². The molecule has 0 aliphatic heterocycles. The van der Waals surface area contributed by atoms with Crippen LogP contribution in [0.15, 0.2) is 0 Å². The Labute approximate surface area is 242 Å². The van der Waals surface area contributed by atoms with Crippen molar-refractivity contribution < 1.29 is 62.1 Å². The second-order valence-corrected chi connectivity index (χ2v) is 8.40. The van der Waals surface area contributed by atoms with E-state index in [1.54, 1.807) is 0 Å². The Bertz CT molecular complexity index is 543. The average Bonchev–Trinajstić information content (AvgIpc) is 2.94. The third-order valence-corrected chi connectivity index (χ3v) is 4.86. The van der Waals surface area contributed by atoms with E-state index >= 15 is 0 Å². The summed E-state index contributed by atoms with van der Waals surface area (Å²) in [6, 6.07) is 0. The molecule has 0 heterocycles. The molecule has 0 unspecified atom stereocenters. The maximum atomic E-state index is 11.4. The molecular weight excluding hydrogens is 556 g/mol. The fourth-order valence-electron chi connectivity index (χ4n) is 2.75. The van der Waals surface area contributed by atoms with Crippen molar-refractivity contribution in [3.05, 3.63) is 0 Å². The number of halogens is 1. The molecule has 0 aliphatic carbocycles. The fourth-order valence-corrected chi connectivity index (χ4v) is 2.86. The van der Waals surface area contributed by atoms with Gasteiger partial charge in [0.1, 0.15) is 6.61 Å². The van der Waals surface area contributed by atoms with E-state index in [9.17, 15) is 9.59 Å². The van der Waals surface area contributed by atoms with Crippen LogP contribution in [0.25, 0.3) is 0 Å². The van der Waals surface area contributed by atoms with Gasteiger partial charge in [0.05, 0.1) is 119 Å². The Morgan fingerprint density at radius 3 is 1.00 bits per heavy atom. The number of rotatable bonds is 34. The average molecular weight is 605 g/mol. The highest BCUT2D eigenvalue weighted by molar-refractivity contribution is 6.17. The first-order valence-electron chi connectivity index (χ1n) is 13.8. The molecule has 40 heavy (non-hydrogen) atoms. The Kier molecular flexibility index (Phi) is 33.1. The number of carbonyl (C=O) groups is 2. The van der Waals surface area contributed by atoms with Crippen molar-refractivity contribution >= 4 is 23.5 Å². The number of carboxylic acids is 1. The summed E-state index contributed by atoms with van der Waals surface area (Å²) in [5.74, 6) is -0.718. The zero-order valence-corrected chi connectivity index (χ0v) is 24.5. The van der Waals surface area contributed by atoms with E-state index in [2.05, 4.69) is 0 Å². The minimum absolute atomic E-state index is 0.0618. The first-order chi connectivity index (χ1) is 19.7. The Balaban J connectivity index is 3.09. The van der Waals surface area contributed by atoms with E-state index in [0.29, 0.717) is 131 Å². The molecule has 0 rings (SSSR count). The number of aliphatic carboxylic acids is 1. The van der Waals surface area contributed by atoms with Gasteiger partial charge >= 0.3 is 11.9 Å². The standard InChI is InChI=1S/C26H49ClO13/c27-5-6-31-7-8-32-9-10-33-11-12-34-13-14-35-15-16-36-17-18-37-19-20-38-21-22-39-23-24-40-26(30)4-2-1-3-25(28)29/h1-24H2,(H,28,29). The van der Waals surface area contributed by atoms with Crippen molar-refractivity contribution in [1.82, 2.24) is 0 Å². The number of ether oxygens (including phenoxy) is 10. The lowest BCUT2D eigenvalue weighted by molar-refractivity contribution is -0.146. The molecule has 0 aromatic rings. The van der Waals surface area contributed by atoms with Crippen LogP contribution in [0.5, 0.6) is 0 Å². The van der Waals surface area contributed by atoms with Gasteiger partial charge in [-0.3, -0.25) is 9.59 Å². The van der Waals surface area contributed by atoms with Gasteiger partial charge in [0.15, 0.2) is 0 Å². The summed E-state index contributed by atoms with van der Waals surface area (Å²) in [4.78, 5) is 21.8. The van der Waals surface area contributed by atoms with Gasteiger partial charge < -0.3 is 52.5 Å². The summed E-state index contributed by atoms with van der Waals surface area (Å²) in [6.07, 6.45) is 1.24. The van der Waals surface area contributed by atoms with Crippen molar-refractivity contribution in [2.45, 2.75) is 25.7 Å². The molecule has 0 bridgehead atoms. The van der Waals surface area contributed by atoms with Gasteiger partial charge in [-0.15, -0.1) is 11.6 Å². The van der Waals surface area contributed by atoms with E-state index in [1.165, 1.54) is 0 Å². The first-order valence-corrected chi connectivity index (χ1v) is 14.3. The van der Waals surface area contributed by atoms with Crippen LogP contribution in [-0.2, 0) is 57.0 Å². The third kappa shape index (κ3) is 34.9. The van der Waals surface area contributed by atoms with Gasteiger partial charge in [0.25, 0.3) is 0 Å². The van der Waals surface area contributed by atoms with Crippen molar-refractivity contribution in [3.63, 3.8) is 0 Å². The topological polar surface area (TPSA) is 147 Å². The molecule has 1 N–H and O–H groups in total. The third-order valence-electron chi connectivity index (χ3n) is 4.71. The quantitative estimate of drug-likeness (QED) is 0.0644. The number of unbranched alkanes of at least 4 members (excludes halogenated alkanes) is 1. The molecule has 14 heteroatoms. The maximum Gasteiger partial charge on any atom is 0.305 e. The summed E-state index contributed by atoms with van der Waals surface area (Å²) < 4.78 is 53.3. The van der Waals surface area contributed by atoms with Gasteiger partial charge in [-0.2, -0.15) is 0 Å². The fraction of sp³-hybridized carbons (Fsp3) is 0.923. The van der Waals surface area contributed by atoms with Gasteiger partial charge in [0, 0.05) is 18.7 Å². The SMILES string of the molecule is O=C(O)CCCCC(=O)OCCOCCOCCOCCOCCOCCOCCOCCOCCOCCCl. The highest BCUT2D eigenvalue weighted by atomic mass is 35.5. The lowest BCUT2D eigenvalue weighted by Crippen LogP contribution is -2.15. The van der Waals surface area contributed by atoms with Crippen molar-refractivity contribution in [3.8, 4) is 0 Å². The van der Waals surface area contributed by atoms with Gasteiger partial charge in [-0.05, 0) is 12.8 Å². The number of hydrogen-bond donors (Lipinski definition) is 1. The molecule has 0 spiro atoms. The monoisotopic (exact) mass is 604 g/mol. The highest BCUT2D eigenvalue weighted by Crippen LogP contribution is 2.01. The Hall–Kier alpha value is -1.13. The predicted octanol–water partition coefficient (Wildman–Crippen LogP) is 1.56. The van der Waals surface area contributed by atoms with Crippen LogP contribution >= 0.6 is 11.6 Å². The first kappa shape index (κ1) is 38.9. The van der Waals surface area contributed by atoms with Crippen molar-refractivity contribution in [2.75, 3.05) is 131 Å². The molecule has 0 fully saturated rings. The molecule has 0 saturated carbocycles. The molecule has 0 aromatic heterocycles. The number of esters is 1. The Morgan fingerprint density at radius 2 is 0.700 bits per heavy atom. The van der Waals surface area contributed by atoms with Crippen LogP contribution in [0, 0.1) is 0 Å². The molecule has 0 aromatic carbocycles. The predicted molar refractivity (Wildman–Crippen MR) is 145 cm³/mol. The van der Waals surface area contributed by atoms with Crippen LogP contribution in [-0.4, -0.2) is 148 Å². The summed E-state index contributed by atoms with van der Waals surface area (Å²) in [6.45, 7) is 8.72. The highest BCUT2D eigenvalue weighted by Gasteiger charge is 2.04. The number of carbonyl (C=O) groups excluding carboxylic acids is 1. The van der Waals surface area contributed by atoms with Crippen molar-refractivity contribution in [1.29, 1.82) is 0 Å². The van der Waals surface area contributed by atoms with Gasteiger partial charge in [-0.25, -0.2) is 0 Å². The van der Waals surface area contributed by atoms with E-state index in [4.69, 9.17) is 64.1 Å². The zero-order chi connectivity index (χ0) is 29.2. The van der Waals surface area contributed by atoms with Crippen LogP contribution in [0.3, 0.4) is 0 Å². The molecule has 0 amide bonds.